The highest BCUT2D eigenvalue weighted by atomic mass is 32.2. The van der Waals surface area contributed by atoms with Crippen molar-refractivity contribution in [2.75, 3.05) is 11.9 Å². The van der Waals surface area contributed by atoms with E-state index >= 15 is 0 Å². The maximum Gasteiger partial charge on any atom is 0.241 e. The minimum atomic E-state index is -0.119. The molecule has 3 aromatic carbocycles. The highest BCUT2D eigenvalue weighted by molar-refractivity contribution is 7.98. The summed E-state index contributed by atoms with van der Waals surface area (Å²) >= 11 is 1.77. The Morgan fingerprint density at radius 2 is 1.46 bits per heavy atom. The van der Waals surface area contributed by atoms with Gasteiger partial charge in [-0.2, -0.15) is 16.9 Å². The van der Waals surface area contributed by atoms with Gasteiger partial charge in [0.2, 0.25) is 11.8 Å². The SMILES string of the molecule is O=C(Cn1nc2c(c1NC(=O)CC(c1ccccc1)c1ccccc1)CSC2)NCCc1ccccc1. The molecule has 0 saturated heterocycles. The Labute approximate surface area is 221 Å². The summed E-state index contributed by atoms with van der Waals surface area (Å²) in [5.41, 5.74) is 5.33. The van der Waals surface area contributed by atoms with Crippen molar-refractivity contribution in [1.29, 1.82) is 0 Å². The van der Waals surface area contributed by atoms with E-state index in [1.165, 1.54) is 5.56 Å². The van der Waals surface area contributed by atoms with Crippen LogP contribution >= 0.6 is 11.8 Å². The maximum atomic E-state index is 13.4. The second-order valence-corrected chi connectivity index (χ2v) is 10.1. The first-order valence-electron chi connectivity index (χ1n) is 12.5. The van der Waals surface area contributed by atoms with Crippen LogP contribution in [0, 0.1) is 0 Å². The quantitative estimate of drug-likeness (QED) is 0.309. The maximum absolute atomic E-state index is 13.4. The van der Waals surface area contributed by atoms with Crippen molar-refractivity contribution in [2.45, 2.75) is 36.8 Å². The molecule has 0 bridgehead atoms. The molecule has 6 nitrogen and oxygen atoms in total. The van der Waals surface area contributed by atoms with Crippen molar-refractivity contribution >= 4 is 29.4 Å². The largest absolute Gasteiger partial charge is 0.354 e. The predicted molar refractivity (Wildman–Crippen MR) is 148 cm³/mol. The summed E-state index contributed by atoms with van der Waals surface area (Å²) in [6.07, 6.45) is 1.06. The van der Waals surface area contributed by atoms with Crippen LogP contribution in [-0.2, 0) is 34.1 Å². The number of hydrogen-bond donors (Lipinski definition) is 2. The number of benzene rings is 3. The van der Waals surface area contributed by atoms with Crippen LogP contribution in [0.15, 0.2) is 91.0 Å². The summed E-state index contributed by atoms with van der Waals surface area (Å²) < 4.78 is 1.65. The first-order chi connectivity index (χ1) is 18.2. The number of carbonyl (C=O) groups is 2. The third-order valence-electron chi connectivity index (χ3n) is 6.54. The number of anilines is 1. The van der Waals surface area contributed by atoms with Crippen molar-refractivity contribution in [1.82, 2.24) is 15.1 Å². The summed E-state index contributed by atoms with van der Waals surface area (Å²) in [6.45, 7) is 0.625. The zero-order chi connectivity index (χ0) is 25.5. The molecular weight excluding hydrogens is 480 g/mol. The number of hydrogen-bond acceptors (Lipinski definition) is 4. The molecule has 0 radical (unpaired) electrons. The fourth-order valence-corrected chi connectivity index (χ4v) is 5.71. The number of thioether (sulfide) groups is 1. The Morgan fingerprint density at radius 1 is 0.838 bits per heavy atom. The van der Waals surface area contributed by atoms with E-state index in [-0.39, 0.29) is 24.3 Å². The van der Waals surface area contributed by atoms with E-state index in [1.54, 1.807) is 16.4 Å². The standard InChI is InChI=1S/C30H30N4O2S/c35-28(18-25(23-12-6-2-7-13-23)24-14-8-3-9-15-24)32-30-26-20-37-21-27(26)33-34(30)19-29(36)31-17-16-22-10-4-1-5-11-22/h1-15,25H,16-21H2,(H,31,36)(H,32,35). The molecule has 0 aliphatic carbocycles. The second kappa shape index (κ2) is 11.9. The average Bonchev–Trinajstić information content (AvgIpc) is 3.51. The number of carbonyl (C=O) groups excluding carboxylic acids is 2. The summed E-state index contributed by atoms with van der Waals surface area (Å²) in [5.74, 6) is 1.93. The summed E-state index contributed by atoms with van der Waals surface area (Å²) in [7, 11) is 0. The molecule has 2 heterocycles. The molecule has 1 aromatic heterocycles. The molecule has 0 fully saturated rings. The van der Waals surface area contributed by atoms with Gasteiger partial charge in [0.05, 0.1) is 5.69 Å². The normalized spacial score (nSPS) is 12.4. The number of nitrogens with zero attached hydrogens (tertiary/aromatic N) is 2. The molecule has 37 heavy (non-hydrogen) atoms. The van der Waals surface area contributed by atoms with Crippen molar-refractivity contribution in [3.8, 4) is 0 Å². The minimum absolute atomic E-state index is 0.0671. The van der Waals surface area contributed by atoms with Gasteiger partial charge in [-0.3, -0.25) is 9.59 Å². The van der Waals surface area contributed by atoms with Gasteiger partial charge in [-0.15, -0.1) is 0 Å². The Bertz CT molecular complexity index is 1300. The van der Waals surface area contributed by atoms with Gasteiger partial charge in [-0.25, -0.2) is 4.68 Å². The van der Waals surface area contributed by atoms with E-state index in [0.29, 0.717) is 18.8 Å². The molecule has 4 aromatic rings. The van der Waals surface area contributed by atoms with Crippen LogP contribution in [0.2, 0.25) is 0 Å². The van der Waals surface area contributed by atoms with E-state index < -0.39 is 0 Å². The van der Waals surface area contributed by atoms with Crippen LogP contribution in [-0.4, -0.2) is 28.1 Å². The Kier molecular flexibility index (Phi) is 8.01. The highest BCUT2D eigenvalue weighted by Crippen LogP contribution is 2.35. The number of fused-ring (bicyclic) bond motifs is 1. The molecular formula is C30H30N4O2S. The molecule has 1 aliphatic heterocycles. The van der Waals surface area contributed by atoms with Gasteiger partial charge in [-0.1, -0.05) is 91.0 Å². The van der Waals surface area contributed by atoms with E-state index in [4.69, 9.17) is 0 Å². The lowest BCUT2D eigenvalue weighted by molar-refractivity contribution is -0.122. The number of nitrogens with one attached hydrogen (secondary N) is 2. The zero-order valence-corrected chi connectivity index (χ0v) is 21.4. The van der Waals surface area contributed by atoms with E-state index in [1.807, 2.05) is 66.7 Å². The first kappa shape index (κ1) is 24.8. The van der Waals surface area contributed by atoms with E-state index in [2.05, 4.69) is 40.0 Å². The fourth-order valence-electron chi connectivity index (χ4n) is 4.67. The molecule has 0 atom stereocenters. The molecule has 5 rings (SSSR count). The Hall–Kier alpha value is -3.84. The van der Waals surface area contributed by atoms with Gasteiger partial charge < -0.3 is 10.6 Å². The average molecular weight is 511 g/mol. The molecule has 0 unspecified atom stereocenters. The van der Waals surface area contributed by atoms with Crippen molar-refractivity contribution in [3.05, 3.63) is 119 Å². The topological polar surface area (TPSA) is 76.0 Å². The van der Waals surface area contributed by atoms with Crippen LogP contribution in [0.3, 0.4) is 0 Å². The van der Waals surface area contributed by atoms with Gasteiger partial charge in [0, 0.05) is 36.0 Å². The monoisotopic (exact) mass is 510 g/mol. The lowest BCUT2D eigenvalue weighted by Crippen LogP contribution is -2.30. The number of rotatable bonds is 10. The Balaban J connectivity index is 1.28. The zero-order valence-electron chi connectivity index (χ0n) is 20.6. The van der Waals surface area contributed by atoms with Crippen LogP contribution in [0.4, 0.5) is 5.82 Å². The number of amides is 2. The van der Waals surface area contributed by atoms with Crippen molar-refractivity contribution in [2.24, 2.45) is 0 Å². The molecule has 1 aliphatic rings. The van der Waals surface area contributed by atoms with E-state index in [9.17, 15) is 9.59 Å². The van der Waals surface area contributed by atoms with Gasteiger partial charge in [-0.05, 0) is 23.1 Å². The van der Waals surface area contributed by atoms with E-state index in [0.717, 1.165) is 40.3 Å². The summed E-state index contributed by atoms with van der Waals surface area (Å²) in [5, 5.41) is 10.8. The molecule has 7 heteroatoms. The lowest BCUT2D eigenvalue weighted by atomic mass is 9.88. The third-order valence-corrected chi connectivity index (χ3v) is 7.51. The summed E-state index contributed by atoms with van der Waals surface area (Å²) in [4.78, 5) is 26.1. The molecule has 0 saturated carbocycles. The van der Waals surface area contributed by atoms with Crippen LogP contribution in [0.1, 0.15) is 40.3 Å². The Morgan fingerprint density at radius 3 is 2.11 bits per heavy atom. The fraction of sp³-hybridized carbons (Fsp3) is 0.233. The molecule has 0 spiro atoms. The van der Waals surface area contributed by atoms with Gasteiger partial charge >= 0.3 is 0 Å². The first-order valence-corrected chi connectivity index (χ1v) is 13.7. The minimum Gasteiger partial charge on any atom is -0.354 e. The van der Waals surface area contributed by atoms with Crippen LogP contribution < -0.4 is 10.6 Å². The smallest absolute Gasteiger partial charge is 0.241 e. The molecule has 2 amide bonds. The van der Waals surface area contributed by atoms with Gasteiger partial charge in [0.15, 0.2) is 0 Å². The van der Waals surface area contributed by atoms with Crippen molar-refractivity contribution < 1.29 is 9.59 Å². The highest BCUT2D eigenvalue weighted by Gasteiger charge is 2.26. The van der Waals surface area contributed by atoms with Crippen molar-refractivity contribution in [3.63, 3.8) is 0 Å². The molecule has 2 N–H and O–H groups in total. The van der Waals surface area contributed by atoms with Crippen LogP contribution in [0.5, 0.6) is 0 Å². The second-order valence-electron chi connectivity index (χ2n) is 9.14. The van der Waals surface area contributed by atoms with Gasteiger partial charge in [0.1, 0.15) is 12.4 Å². The number of aromatic nitrogens is 2. The molecule has 188 valence electrons. The lowest BCUT2D eigenvalue weighted by Gasteiger charge is -2.18. The third kappa shape index (κ3) is 6.30. The summed E-state index contributed by atoms with van der Waals surface area (Å²) in [6, 6.07) is 30.3. The van der Waals surface area contributed by atoms with Crippen LogP contribution in [0.25, 0.3) is 0 Å². The van der Waals surface area contributed by atoms with Gasteiger partial charge in [0.25, 0.3) is 0 Å². The predicted octanol–water partition coefficient (Wildman–Crippen LogP) is 5.15.